The van der Waals surface area contributed by atoms with Crippen LogP contribution in [0.2, 0.25) is 0 Å². The monoisotopic (exact) mass is 518 g/mol. The van der Waals surface area contributed by atoms with Crippen molar-refractivity contribution in [1.82, 2.24) is 0 Å². The van der Waals surface area contributed by atoms with Gasteiger partial charge in [-0.1, -0.05) is 51.9 Å². The minimum atomic E-state index is -1.99. The third-order valence-electron chi connectivity index (χ3n) is 8.28. The van der Waals surface area contributed by atoms with Gasteiger partial charge in [-0.2, -0.15) is 0 Å². The standard InChI is InChI=1S/C32H68ClP/c1-5-9-13-14-15-16-17-18-19-20-21-22-23-24-25-26-27-28-32-34(33,29-10-6-2,30-11-7-3)31-12-8-4/h5-32H2,1-4H3. The second kappa shape index (κ2) is 24.1. The van der Waals surface area contributed by atoms with Crippen molar-refractivity contribution in [1.29, 1.82) is 0 Å². The molecule has 0 saturated carbocycles. The molecular formula is C32H68ClP. The molecule has 0 aliphatic carbocycles. The third kappa shape index (κ3) is 19.9. The van der Waals surface area contributed by atoms with Crippen LogP contribution in [-0.2, 0) is 0 Å². The zero-order valence-corrected chi connectivity index (χ0v) is 26.3. The molecule has 0 spiro atoms. The van der Waals surface area contributed by atoms with E-state index in [1.54, 1.807) is 0 Å². The van der Waals surface area contributed by atoms with Gasteiger partial charge in [-0.15, -0.1) is 0 Å². The summed E-state index contributed by atoms with van der Waals surface area (Å²) in [5.74, 6) is -1.99. The van der Waals surface area contributed by atoms with E-state index < -0.39 is 5.96 Å². The number of halogens is 1. The van der Waals surface area contributed by atoms with Gasteiger partial charge in [0.05, 0.1) is 0 Å². The zero-order chi connectivity index (χ0) is 25.2. The van der Waals surface area contributed by atoms with Crippen LogP contribution in [0.25, 0.3) is 0 Å². The molecule has 0 saturated heterocycles. The van der Waals surface area contributed by atoms with E-state index in [9.17, 15) is 0 Å². The molecule has 0 unspecified atom stereocenters. The molecule has 0 radical (unpaired) electrons. The molecule has 0 bridgehead atoms. The molecule has 0 heterocycles. The summed E-state index contributed by atoms with van der Waals surface area (Å²) in [6, 6.07) is 0. The van der Waals surface area contributed by atoms with Gasteiger partial charge in [0.2, 0.25) is 0 Å². The molecule has 0 N–H and O–H groups in total. The molecule has 2 heteroatoms. The Bertz CT molecular complexity index is 383. The molecule has 0 fully saturated rings. The molecule has 0 amide bonds. The summed E-state index contributed by atoms with van der Waals surface area (Å²) in [7, 11) is 0. The fourth-order valence-electron chi connectivity index (χ4n) is 5.74. The van der Waals surface area contributed by atoms with Crippen molar-refractivity contribution in [3.63, 3.8) is 0 Å². The summed E-state index contributed by atoms with van der Waals surface area (Å²) < 4.78 is 0. The minimum absolute atomic E-state index is 1.31. The Labute approximate surface area is 223 Å². The average molecular weight is 519 g/mol. The van der Waals surface area contributed by atoms with E-state index in [0.29, 0.717) is 0 Å². The van der Waals surface area contributed by atoms with Gasteiger partial charge in [0.25, 0.3) is 0 Å². The molecule has 0 rings (SSSR count). The molecular weight excluding hydrogens is 451 g/mol. The fourth-order valence-corrected chi connectivity index (χ4v) is 12.8. The second-order valence-electron chi connectivity index (χ2n) is 11.8. The first-order chi connectivity index (χ1) is 16.5. The van der Waals surface area contributed by atoms with Gasteiger partial charge in [0, 0.05) is 0 Å². The molecule has 0 atom stereocenters. The van der Waals surface area contributed by atoms with Gasteiger partial charge in [0.1, 0.15) is 0 Å². The first-order valence-corrected chi connectivity index (χ1v) is 20.1. The summed E-state index contributed by atoms with van der Waals surface area (Å²) in [4.78, 5) is 0. The SMILES string of the molecule is CCCCCCCCCCCCCCCCCCCCP(Cl)(CCCC)(CCCC)CCCC. The third-order valence-corrected chi connectivity index (χ3v) is 16.0. The quantitative estimate of drug-likeness (QED) is 0.0713. The van der Waals surface area contributed by atoms with Gasteiger partial charge < -0.3 is 0 Å². The summed E-state index contributed by atoms with van der Waals surface area (Å²) in [5, 5.41) is 0. The molecule has 0 aliphatic rings. The predicted molar refractivity (Wildman–Crippen MR) is 166 cm³/mol. The van der Waals surface area contributed by atoms with Crippen molar-refractivity contribution in [2.75, 3.05) is 24.6 Å². The van der Waals surface area contributed by atoms with E-state index in [4.69, 9.17) is 11.2 Å². The topological polar surface area (TPSA) is 0 Å². The Morgan fingerprint density at radius 3 is 0.765 bits per heavy atom. The van der Waals surface area contributed by atoms with Crippen molar-refractivity contribution >= 4 is 17.2 Å². The molecule has 0 aliphatic heterocycles. The van der Waals surface area contributed by atoms with Gasteiger partial charge in [0.15, 0.2) is 0 Å². The van der Waals surface area contributed by atoms with E-state index in [-0.39, 0.29) is 0 Å². The summed E-state index contributed by atoms with van der Waals surface area (Å²) >= 11 is 7.74. The molecule has 0 nitrogen and oxygen atoms in total. The van der Waals surface area contributed by atoms with Crippen molar-refractivity contribution in [3.05, 3.63) is 0 Å². The van der Waals surface area contributed by atoms with Gasteiger partial charge in [-0.3, -0.25) is 0 Å². The van der Waals surface area contributed by atoms with Crippen molar-refractivity contribution in [2.24, 2.45) is 0 Å². The van der Waals surface area contributed by atoms with Crippen LogP contribution in [0.3, 0.4) is 0 Å². The van der Waals surface area contributed by atoms with E-state index in [1.807, 2.05) is 0 Å². The fraction of sp³-hybridized carbons (Fsp3) is 1.00. The molecule has 0 aromatic rings. The molecule has 0 aromatic carbocycles. The summed E-state index contributed by atoms with van der Waals surface area (Å²) in [5.41, 5.74) is 0. The first kappa shape index (κ1) is 34.7. The van der Waals surface area contributed by atoms with Gasteiger partial charge >= 0.3 is 172 Å². The number of unbranched alkanes of at least 4 members (excludes halogenated alkanes) is 20. The van der Waals surface area contributed by atoms with Crippen molar-refractivity contribution < 1.29 is 0 Å². The zero-order valence-electron chi connectivity index (χ0n) is 24.6. The number of hydrogen-bond acceptors (Lipinski definition) is 0. The van der Waals surface area contributed by atoms with Crippen molar-refractivity contribution in [3.8, 4) is 0 Å². The van der Waals surface area contributed by atoms with Crippen LogP contribution in [0.5, 0.6) is 0 Å². The Hall–Kier alpha value is 0.720. The summed E-state index contributed by atoms with van der Waals surface area (Å²) in [6.07, 6.45) is 39.7. The van der Waals surface area contributed by atoms with Crippen LogP contribution in [-0.4, -0.2) is 24.6 Å². The molecule has 0 aromatic heterocycles. The Morgan fingerprint density at radius 1 is 0.294 bits per heavy atom. The Kier molecular flexibility index (Phi) is 24.6. The number of rotatable bonds is 28. The maximum atomic E-state index is 7.74. The van der Waals surface area contributed by atoms with Crippen LogP contribution >= 0.6 is 17.2 Å². The predicted octanol–water partition coefficient (Wildman–Crippen LogP) is 13.1. The van der Waals surface area contributed by atoms with Gasteiger partial charge in [-0.25, -0.2) is 0 Å². The van der Waals surface area contributed by atoms with Crippen LogP contribution < -0.4 is 0 Å². The molecule has 34 heavy (non-hydrogen) atoms. The average Bonchev–Trinajstić information content (AvgIpc) is 2.85. The normalized spacial score (nSPS) is 13.3. The second-order valence-corrected chi connectivity index (χ2v) is 20.1. The summed E-state index contributed by atoms with van der Waals surface area (Å²) in [6.45, 7) is 9.33. The van der Waals surface area contributed by atoms with Crippen LogP contribution in [0, 0.1) is 0 Å². The number of hydrogen-bond donors (Lipinski definition) is 0. The van der Waals surface area contributed by atoms with E-state index >= 15 is 0 Å². The van der Waals surface area contributed by atoms with Crippen LogP contribution in [0.4, 0.5) is 0 Å². The first-order valence-electron chi connectivity index (χ1n) is 16.3. The van der Waals surface area contributed by atoms with Crippen molar-refractivity contribution in [2.45, 2.75) is 182 Å². The van der Waals surface area contributed by atoms with E-state index in [0.717, 1.165) is 0 Å². The van der Waals surface area contributed by atoms with Gasteiger partial charge in [-0.05, 0) is 0 Å². The van der Waals surface area contributed by atoms with Crippen LogP contribution in [0.15, 0.2) is 0 Å². The van der Waals surface area contributed by atoms with E-state index in [2.05, 4.69) is 27.7 Å². The maximum absolute atomic E-state index is 7.74. The molecule has 208 valence electrons. The Morgan fingerprint density at radius 2 is 0.500 bits per heavy atom. The Balaban J connectivity index is 3.79. The van der Waals surface area contributed by atoms with Crippen LogP contribution in [0.1, 0.15) is 182 Å². The van der Waals surface area contributed by atoms with E-state index in [1.165, 1.54) is 179 Å².